The highest BCUT2D eigenvalue weighted by atomic mass is 35.5. The Morgan fingerprint density at radius 3 is 2.77 bits per heavy atom. The Morgan fingerprint density at radius 1 is 1.19 bits per heavy atom. The van der Waals surface area contributed by atoms with E-state index in [4.69, 9.17) is 16.3 Å². The average molecular weight is 407 g/mol. The first kappa shape index (κ1) is 17.9. The molecule has 1 saturated heterocycles. The van der Waals surface area contributed by atoms with E-state index >= 15 is 0 Å². The van der Waals surface area contributed by atoms with Crippen LogP contribution in [0.1, 0.15) is 10.4 Å². The lowest BCUT2D eigenvalue weighted by atomic mass is 10.2. The Morgan fingerprint density at radius 2 is 2.04 bits per heavy atom. The lowest BCUT2D eigenvalue weighted by Gasteiger charge is -2.28. The number of aromatic nitrogens is 3. The Balaban J connectivity index is 1.67. The first-order chi connectivity index (χ1) is 12.7. The molecule has 136 valence electrons. The minimum absolute atomic E-state index is 0.719. The summed E-state index contributed by atoms with van der Waals surface area (Å²) in [6.45, 7) is 5.20. The van der Waals surface area contributed by atoms with Gasteiger partial charge in [0.25, 0.3) is 0 Å². The van der Waals surface area contributed by atoms with E-state index in [1.165, 1.54) is 10.4 Å². The van der Waals surface area contributed by atoms with E-state index in [1.807, 2.05) is 6.07 Å². The number of hydrogen-bond donors (Lipinski definition) is 0. The highest BCUT2D eigenvalue weighted by Gasteiger charge is 2.22. The van der Waals surface area contributed by atoms with Crippen LogP contribution < -0.4 is 4.90 Å². The van der Waals surface area contributed by atoms with Crippen molar-refractivity contribution in [2.75, 3.05) is 31.2 Å². The maximum Gasteiger partial charge on any atom is 0.232 e. The largest absolute Gasteiger partial charge is 0.378 e. The number of morpholine rings is 1. The first-order valence-corrected chi connectivity index (χ1v) is 10.6. The van der Waals surface area contributed by atoms with Gasteiger partial charge in [-0.05, 0) is 36.8 Å². The number of thioether (sulfide) groups is 1. The van der Waals surface area contributed by atoms with Crippen LogP contribution in [0.25, 0.3) is 5.69 Å². The van der Waals surface area contributed by atoms with E-state index in [0.29, 0.717) is 0 Å². The van der Waals surface area contributed by atoms with Crippen LogP contribution >= 0.6 is 34.7 Å². The van der Waals surface area contributed by atoms with Crippen LogP contribution in [0, 0.1) is 6.92 Å². The summed E-state index contributed by atoms with van der Waals surface area (Å²) in [7, 11) is 0. The summed E-state index contributed by atoms with van der Waals surface area (Å²) < 4.78 is 8.45. The van der Waals surface area contributed by atoms with Gasteiger partial charge in [0.1, 0.15) is 0 Å². The molecule has 1 aliphatic rings. The molecule has 1 fully saturated rings. The van der Waals surface area contributed by atoms with Crippen molar-refractivity contribution >= 4 is 40.6 Å². The van der Waals surface area contributed by atoms with E-state index in [2.05, 4.69) is 56.9 Å². The topological polar surface area (TPSA) is 43.2 Å². The molecule has 3 aromatic rings. The zero-order chi connectivity index (χ0) is 17.9. The SMILES string of the molecule is Cc1cccc(-n2c(SCc3ccc(Cl)s3)nnc2N2CCOCC2)c1. The molecule has 0 atom stereocenters. The molecule has 0 bridgehead atoms. The van der Waals surface area contributed by atoms with Crippen LogP contribution in [0.15, 0.2) is 41.6 Å². The van der Waals surface area contributed by atoms with Crippen LogP contribution in [-0.4, -0.2) is 41.1 Å². The summed E-state index contributed by atoms with van der Waals surface area (Å²) in [6.07, 6.45) is 0. The first-order valence-electron chi connectivity index (χ1n) is 8.43. The molecular formula is C18H19ClN4OS2. The Hall–Kier alpha value is -1.54. The minimum atomic E-state index is 0.719. The number of thiophene rings is 1. The van der Waals surface area contributed by atoms with E-state index in [0.717, 1.165) is 53.2 Å². The van der Waals surface area contributed by atoms with Gasteiger partial charge in [-0.25, -0.2) is 0 Å². The van der Waals surface area contributed by atoms with Crippen molar-refractivity contribution in [3.8, 4) is 5.69 Å². The lowest BCUT2D eigenvalue weighted by Crippen LogP contribution is -2.37. The van der Waals surface area contributed by atoms with Gasteiger partial charge in [-0.2, -0.15) is 0 Å². The summed E-state index contributed by atoms with van der Waals surface area (Å²) in [5.74, 6) is 1.70. The fourth-order valence-corrected chi connectivity index (χ4v) is 4.96. The molecule has 0 radical (unpaired) electrons. The molecule has 3 heterocycles. The second-order valence-corrected chi connectivity index (χ2v) is 8.79. The number of halogens is 1. The molecule has 2 aromatic heterocycles. The second-order valence-electron chi connectivity index (χ2n) is 6.05. The summed E-state index contributed by atoms with van der Waals surface area (Å²) in [5, 5.41) is 9.88. The molecule has 0 unspecified atom stereocenters. The number of aryl methyl sites for hydroxylation is 1. The number of nitrogens with zero attached hydrogens (tertiary/aromatic N) is 4. The van der Waals surface area contributed by atoms with Crippen LogP contribution in [-0.2, 0) is 10.5 Å². The zero-order valence-electron chi connectivity index (χ0n) is 14.4. The molecule has 4 rings (SSSR count). The van der Waals surface area contributed by atoms with Crippen molar-refractivity contribution in [2.45, 2.75) is 17.8 Å². The highest BCUT2D eigenvalue weighted by Crippen LogP contribution is 2.32. The average Bonchev–Trinajstić information content (AvgIpc) is 3.26. The van der Waals surface area contributed by atoms with Crippen molar-refractivity contribution in [1.82, 2.24) is 14.8 Å². The van der Waals surface area contributed by atoms with E-state index in [-0.39, 0.29) is 0 Å². The molecular weight excluding hydrogens is 388 g/mol. The van der Waals surface area contributed by atoms with Gasteiger partial charge >= 0.3 is 0 Å². The fraction of sp³-hybridized carbons (Fsp3) is 0.333. The number of benzene rings is 1. The van der Waals surface area contributed by atoms with Crippen molar-refractivity contribution in [2.24, 2.45) is 0 Å². The number of anilines is 1. The maximum atomic E-state index is 6.05. The van der Waals surface area contributed by atoms with Gasteiger partial charge in [0.05, 0.1) is 23.2 Å². The van der Waals surface area contributed by atoms with Gasteiger partial charge in [0, 0.05) is 23.7 Å². The molecule has 0 amide bonds. The van der Waals surface area contributed by atoms with Gasteiger partial charge in [0.15, 0.2) is 5.16 Å². The third-order valence-corrected chi connectivity index (χ3v) is 6.53. The summed E-state index contributed by atoms with van der Waals surface area (Å²) in [5.41, 5.74) is 2.30. The molecule has 0 saturated carbocycles. The molecule has 0 aliphatic carbocycles. The van der Waals surface area contributed by atoms with E-state index < -0.39 is 0 Å². The third kappa shape index (κ3) is 3.91. The number of hydrogen-bond acceptors (Lipinski definition) is 6. The molecule has 5 nitrogen and oxygen atoms in total. The van der Waals surface area contributed by atoms with Gasteiger partial charge in [-0.15, -0.1) is 21.5 Å². The van der Waals surface area contributed by atoms with Crippen molar-refractivity contribution in [1.29, 1.82) is 0 Å². The normalized spacial score (nSPS) is 14.8. The smallest absolute Gasteiger partial charge is 0.232 e. The molecule has 26 heavy (non-hydrogen) atoms. The van der Waals surface area contributed by atoms with Crippen LogP contribution in [0.3, 0.4) is 0 Å². The molecule has 1 aliphatic heterocycles. The molecule has 8 heteroatoms. The zero-order valence-corrected chi connectivity index (χ0v) is 16.8. The fourth-order valence-electron chi connectivity index (χ4n) is 2.88. The predicted molar refractivity (Wildman–Crippen MR) is 108 cm³/mol. The van der Waals surface area contributed by atoms with Crippen LogP contribution in [0.2, 0.25) is 4.34 Å². The minimum Gasteiger partial charge on any atom is -0.378 e. The van der Waals surface area contributed by atoms with Crippen LogP contribution in [0.4, 0.5) is 5.95 Å². The predicted octanol–water partition coefficient (Wildman–Crippen LogP) is 4.42. The standard InChI is InChI=1S/C18H19ClN4OS2/c1-13-3-2-4-14(11-13)23-17(22-7-9-24-10-8-22)20-21-18(23)25-12-15-5-6-16(19)26-15/h2-6,11H,7-10,12H2,1H3. The maximum absolute atomic E-state index is 6.05. The Bertz CT molecular complexity index is 889. The highest BCUT2D eigenvalue weighted by molar-refractivity contribution is 7.98. The third-order valence-electron chi connectivity index (χ3n) is 4.14. The van der Waals surface area contributed by atoms with Crippen molar-refractivity contribution < 1.29 is 4.74 Å². The summed E-state index contributed by atoms with van der Waals surface area (Å²) >= 11 is 9.34. The van der Waals surface area contributed by atoms with Gasteiger partial charge in [-0.1, -0.05) is 35.5 Å². The van der Waals surface area contributed by atoms with Gasteiger partial charge in [0.2, 0.25) is 5.95 Å². The monoisotopic (exact) mass is 406 g/mol. The Kier molecular flexibility index (Phi) is 5.49. The molecule has 0 spiro atoms. The Labute approximate surface area is 165 Å². The van der Waals surface area contributed by atoms with E-state index in [9.17, 15) is 0 Å². The van der Waals surface area contributed by atoms with Crippen molar-refractivity contribution in [3.05, 3.63) is 51.2 Å². The molecule has 0 N–H and O–H groups in total. The quantitative estimate of drug-likeness (QED) is 0.587. The lowest BCUT2D eigenvalue weighted by molar-refractivity contribution is 0.122. The number of ether oxygens (including phenoxy) is 1. The number of rotatable bonds is 5. The van der Waals surface area contributed by atoms with Crippen molar-refractivity contribution in [3.63, 3.8) is 0 Å². The van der Waals surface area contributed by atoms with E-state index in [1.54, 1.807) is 23.1 Å². The van der Waals surface area contributed by atoms with Gasteiger partial charge < -0.3 is 9.64 Å². The van der Waals surface area contributed by atoms with Gasteiger partial charge in [-0.3, -0.25) is 4.57 Å². The second kappa shape index (κ2) is 8.00. The summed E-state index contributed by atoms with van der Waals surface area (Å²) in [6, 6.07) is 12.4. The molecule has 1 aromatic carbocycles. The van der Waals surface area contributed by atoms with Crippen LogP contribution in [0.5, 0.6) is 0 Å². The summed E-state index contributed by atoms with van der Waals surface area (Å²) in [4.78, 5) is 3.47.